The van der Waals surface area contributed by atoms with E-state index < -0.39 is 0 Å². The van der Waals surface area contributed by atoms with Crippen LogP contribution in [-0.4, -0.2) is 30.6 Å². The molecule has 1 unspecified atom stereocenters. The number of rotatable bonds is 4. The molecule has 1 aliphatic rings. The van der Waals surface area contributed by atoms with Gasteiger partial charge in [-0.1, -0.05) is 0 Å². The lowest BCUT2D eigenvalue weighted by molar-refractivity contribution is 0.419. The summed E-state index contributed by atoms with van der Waals surface area (Å²) in [7, 11) is 0. The van der Waals surface area contributed by atoms with Crippen LogP contribution in [-0.2, 0) is 0 Å². The Kier molecular flexibility index (Phi) is 5.04. The number of thioether (sulfide) groups is 1. The Bertz CT molecular complexity index is 113. The Hall–Kier alpha value is 0.270. The molecular weight excluding hydrogens is 168 g/mol. The van der Waals surface area contributed by atoms with Crippen molar-refractivity contribution in [2.45, 2.75) is 25.8 Å². The first-order chi connectivity index (χ1) is 5.83. The van der Waals surface area contributed by atoms with E-state index >= 15 is 0 Å². The van der Waals surface area contributed by atoms with Crippen LogP contribution >= 0.6 is 11.8 Å². The lowest BCUT2D eigenvalue weighted by Crippen LogP contribution is -2.37. The van der Waals surface area contributed by atoms with Crippen LogP contribution in [0.15, 0.2) is 0 Å². The molecule has 0 saturated carbocycles. The lowest BCUT2D eigenvalue weighted by atomic mass is 10.0. The zero-order chi connectivity index (χ0) is 8.81. The maximum atomic E-state index is 5.52. The summed E-state index contributed by atoms with van der Waals surface area (Å²) < 4.78 is 0. The molecule has 0 aliphatic carbocycles. The number of hydrogen-bond acceptors (Lipinski definition) is 3. The van der Waals surface area contributed by atoms with Crippen molar-refractivity contribution >= 4 is 11.8 Å². The molecule has 0 aromatic carbocycles. The fourth-order valence-electron chi connectivity index (χ4n) is 1.40. The van der Waals surface area contributed by atoms with Gasteiger partial charge in [-0.05, 0) is 43.7 Å². The zero-order valence-corrected chi connectivity index (χ0v) is 8.70. The molecule has 0 spiro atoms. The highest BCUT2D eigenvalue weighted by molar-refractivity contribution is 7.99. The second-order valence-electron chi connectivity index (χ2n) is 3.60. The summed E-state index contributed by atoms with van der Waals surface area (Å²) in [5, 5.41) is 3.47. The van der Waals surface area contributed by atoms with Crippen molar-refractivity contribution in [3.05, 3.63) is 0 Å². The van der Waals surface area contributed by atoms with Gasteiger partial charge in [0.15, 0.2) is 0 Å². The van der Waals surface area contributed by atoms with Gasteiger partial charge >= 0.3 is 0 Å². The standard InChI is InChI=1S/C9H20N2S/c1-8(6-10)11-7-9-2-4-12-5-3-9/h8-9,11H,2-7,10H2,1H3. The van der Waals surface area contributed by atoms with Crippen LogP contribution in [0.3, 0.4) is 0 Å². The van der Waals surface area contributed by atoms with Crippen LogP contribution in [0.25, 0.3) is 0 Å². The van der Waals surface area contributed by atoms with Gasteiger partial charge in [0.2, 0.25) is 0 Å². The molecule has 1 atom stereocenters. The Labute approximate surface area is 79.7 Å². The first kappa shape index (κ1) is 10.4. The fourth-order valence-corrected chi connectivity index (χ4v) is 2.61. The normalized spacial score (nSPS) is 22.5. The first-order valence-electron chi connectivity index (χ1n) is 4.84. The minimum atomic E-state index is 0.486. The van der Waals surface area contributed by atoms with E-state index in [2.05, 4.69) is 24.0 Å². The summed E-state index contributed by atoms with van der Waals surface area (Å²) >= 11 is 2.09. The van der Waals surface area contributed by atoms with E-state index in [-0.39, 0.29) is 0 Å². The monoisotopic (exact) mass is 188 g/mol. The van der Waals surface area contributed by atoms with Crippen molar-refractivity contribution in [1.29, 1.82) is 0 Å². The van der Waals surface area contributed by atoms with Crippen LogP contribution in [0, 0.1) is 5.92 Å². The summed E-state index contributed by atoms with van der Waals surface area (Å²) in [6, 6.07) is 0.486. The largest absolute Gasteiger partial charge is 0.329 e. The van der Waals surface area contributed by atoms with E-state index in [1.807, 2.05) is 0 Å². The predicted molar refractivity (Wildman–Crippen MR) is 56.6 cm³/mol. The number of hydrogen-bond donors (Lipinski definition) is 2. The highest BCUT2D eigenvalue weighted by atomic mass is 32.2. The second-order valence-corrected chi connectivity index (χ2v) is 4.83. The van der Waals surface area contributed by atoms with Crippen molar-refractivity contribution in [1.82, 2.24) is 5.32 Å². The summed E-state index contributed by atoms with van der Waals surface area (Å²) in [4.78, 5) is 0. The zero-order valence-electron chi connectivity index (χ0n) is 7.88. The van der Waals surface area contributed by atoms with Gasteiger partial charge in [-0.2, -0.15) is 11.8 Å². The van der Waals surface area contributed by atoms with Crippen molar-refractivity contribution in [3.63, 3.8) is 0 Å². The average molecular weight is 188 g/mol. The van der Waals surface area contributed by atoms with Gasteiger partial charge in [-0.3, -0.25) is 0 Å². The maximum Gasteiger partial charge on any atom is 0.0162 e. The van der Waals surface area contributed by atoms with Gasteiger partial charge < -0.3 is 11.1 Å². The third kappa shape index (κ3) is 3.78. The van der Waals surface area contributed by atoms with Gasteiger partial charge in [0.05, 0.1) is 0 Å². The molecular formula is C9H20N2S. The molecule has 1 fully saturated rings. The van der Waals surface area contributed by atoms with Crippen LogP contribution in [0.1, 0.15) is 19.8 Å². The third-order valence-corrected chi connectivity index (χ3v) is 3.50. The molecule has 0 radical (unpaired) electrons. The molecule has 0 bridgehead atoms. The van der Waals surface area contributed by atoms with E-state index in [1.54, 1.807) is 0 Å². The van der Waals surface area contributed by atoms with Crippen LogP contribution in [0.2, 0.25) is 0 Å². The third-order valence-electron chi connectivity index (χ3n) is 2.45. The molecule has 3 heteroatoms. The maximum absolute atomic E-state index is 5.52. The summed E-state index contributed by atoms with van der Waals surface area (Å²) in [5.41, 5.74) is 5.52. The molecule has 1 heterocycles. The Morgan fingerprint density at radius 3 is 2.75 bits per heavy atom. The molecule has 3 N–H and O–H groups in total. The molecule has 12 heavy (non-hydrogen) atoms. The van der Waals surface area contributed by atoms with Crippen LogP contribution < -0.4 is 11.1 Å². The quantitative estimate of drug-likeness (QED) is 0.693. The van der Waals surface area contributed by atoms with E-state index in [0.29, 0.717) is 6.04 Å². The molecule has 0 amide bonds. The molecule has 1 saturated heterocycles. The molecule has 72 valence electrons. The Balaban J connectivity index is 2.05. The summed E-state index contributed by atoms with van der Waals surface area (Å²) in [5.74, 6) is 3.60. The second kappa shape index (κ2) is 5.84. The first-order valence-corrected chi connectivity index (χ1v) is 5.99. The average Bonchev–Trinajstić information content (AvgIpc) is 2.16. The fraction of sp³-hybridized carbons (Fsp3) is 1.00. The van der Waals surface area contributed by atoms with E-state index in [0.717, 1.165) is 12.5 Å². The van der Waals surface area contributed by atoms with Crippen LogP contribution in [0.5, 0.6) is 0 Å². The highest BCUT2D eigenvalue weighted by Gasteiger charge is 2.13. The molecule has 2 nitrogen and oxygen atoms in total. The minimum absolute atomic E-state index is 0.486. The Morgan fingerprint density at radius 1 is 1.50 bits per heavy atom. The molecule has 0 aromatic heterocycles. The van der Waals surface area contributed by atoms with E-state index in [4.69, 9.17) is 5.73 Å². The topological polar surface area (TPSA) is 38.0 Å². The van der Waals surface area contributed by atoms with Crippen molar-refractivity contribution < 1.29 is 0 Å². The van der Waals surface area contributed by atoms with Gasteiger partial charge in [0.25, 0.3) is 0 Å². The number of nitrogens with one attached hydrogen (secondary N) is 1. The van der Waals surface area contributed by atoms with Gasteiger partial charge in [0, 0.05) is 12.6 Å². The highest BCUT2D eigenvalue weighted by Crippen LogP contribution is 2.21. The molecule has 1 aliphatic heterocycles. The molecule has 0 aromatic rings. The molecule has 1 rings (SSSR count). The SMILES string of the molecule is CC(CN)NCC1CCSCC1. The van der Waals surface area contributed by atoms with Crippen LogP contribution in [0.4, 0.5) is 0 Å². The van der Waals surface area contributed by atoms with Crippen molar-refractivity contribution in [2.75, 3.05) is 24.6 Å². The van der Waals surface area contributed by atoms with E-state index in [9.17, 15) is 0 Å². The van der Waals surface area contributed by atoms with Gasteiger partial charge in [0.1, 0.15) is 0 Å². The van der Waals surface area contributed by atoms with Crippen molar-refractivity contribution in [2.24, 2.45) is 11.7 Å². The lowest BCUT2D eigenvalue weighted by Gasteiger charge is -2.23. The van der Waals surface area contributed by atoms with Gasteiger partial charge in [-0.15, -0.1) is 0 Å². The van der Waals surface area contributed by atoms with Crippen molar-refractivity contribution in [3.8, 4) is 0 Å². The Morgan fingerprint density at radius 2 is 2.17 bits per heavy atom. The summed E-state index contributed by atoms with van der Waals surface area (Å²) in [6.45, 7) is 4.07. The van der Waals surface area contributed by atoms with E-state index in [1.165, 1.54) is 30.9 Å². The summed E-state index contributed by atoms with van der Waals surface area (Å²) in [6.07, 6.45) is 2.77. The predicted octanol–water partition coefficient (Wildman–Crippen LogP) is 1.07. The van der Waals surface area contributed by atoms with Gasteiger partial charge in [-0.25, -0.2) is 0 Å². The minimum Gasteiger partial charge on any atom is -0.329 e. The number of nitrogens with two attached hydrogens (primary N) is 1. The smallest absolute Gasteiger partial charge is 0.0162 e.